The summed E-state index contributed by atoms with van der Waals surface area (Å²) in [6, 6.07) is 18.5. The number of carbonyl (C=O) groups excluding carboxylic acids is 2. The highest BCUT2D eigenvalue weighted by Gasteiger charge is 2.28. The van der Waals surface area contributed by atoms with Gasteiger partial charge in [-0.1, -0.05) is 42.8 Å². The Bertz CT molecular complexity index is 1230. The molecule has 194 valence electrons. The molecule has 0 radical (unpaired) electrons. The van der Waals surface area contributed by atoms with Crippen molar-refractivity contribution in [1.29, 1.82) is 0 Å². The average Bonchev–Trinajstić information content (AvgIpc) is 2.95. The average molecular weight is 522 g/mol. The summed E-state index contributed by atoms with van der Waals surface area (Å²) >= 11 is 6.26. The molecule has 1 unspecified atom stereocenters. The number of methoxy groups -OCH3 is 1. The van der Waals surface area contributed by atoms with Crippen LogP contribution in [-0.4, -0.2) is 77.7 Å². The second kappa shape index (κ2) is 12.1. The van der Waals surface area contributed by atoms with Gasteiger partial charge < -0.3 is 19.4 Å². The van der Waals surface area contributed by atoms with Crippen LogP contribution in [0.2, 0.25) is 5.02 Å². The van der Waals surface area contributed by atoms with E-state index in [0.717, 1.165) is 29.2 Å². The van der Waals surface area contributed by atoms with E-state index in [0.29, 0.717) is 36.8 Å². The highest BCUT2D eigenvalue weighted by Crippen LogP contribution is 2.24. The maximum atomic E-state index is 13.2. The molecule has 0 N–H and O–H groups in total. The van der Waals surface area contributed by atoms with Crippen LogP contribution in [0, 0.1) is 0 Å². The third kappa shape index (κ3) is 6.20. The zero-order valence-corrected chi connectivity index (χ0v) is 22.2. The first kappa shape index (κ1) is 26.4. The maximum Gasteiger partial charge on any atom is 0.256 e. The molecular weight excluding hydrogens is 490 g/mol. The van der Waals surface area contributed by atoms with Gasteiger partial charge in [0, 0.05) is 37.8 Å². The zero-order valence-electron chi connectivity index (χ0n) is 21.4. The molecule has 3 aromatic rings. The Morgan fingerprint density at radius 2 is 1.78 bits per heavy atom. The van der Waals surface area contributed by atoms with Crippen LogP contribution in [0.25, 0.3) is 11.3 Å². The van der Waals surface area contributed by atoms with Gasteiger partial charge in [0.05, 0.1) is 23.4 Å². The molecule has 0 saturated carbocycles. The number of benzene rings is 2. The highest BCUT2D eigenvalue weighted by molar-refractivity contribution is 6.33. The monoisotopic (exact) mass is 521 g/mol. The van der Waals surface area contributed by atoms with Crippen molar-refractivity contribution < 1.29 is 14.3 Å². The van der Waals surface area contributed by atoms with E-state index in [-0.39, 0.29) is 24.4 Å². The topological polar surface area (TPSA) is 78.9 Å². The summed E-state index contributed by atoms with van der Waals surface area (Å²) in [6.07, 6.45) is 0.738. The van der Waals surface area contributed by atoms with Crippen molar-refractivity contribution in [2.24, 2.45) is 0 Å². The summed E-state index contributed by atoms with van der Waals surface area (Å²) < 4.78 is 5.29. The lowest BCUT2D eigenvalue weighted by molar-refractivity contribution is -0.132. The Hall–Kier alpha value is -3.65. The summed E-state index contributed by atoms with van der Waals surface area (Å²) in [5.41, 5.74) is 2.12. The molecule has 0 spiro atoms. The van der Waals surface area contributed by atoms with Gasteiger partial charge in [-0.15, -0.1) is 10.2 Å². The molecule has 1 atom stereocenters. The number of piperazine rings is 1. The fraction of sp³-hybridized carbons (Fsp3) is 0.357. The van der Waals surface area contributed by atoms with Gasteiger partial charge in [0.15, 0.2) is 5.82 Å². The van der Waals surface area contributed by atoms with Gasteiger partial charge in [-0.3, -0.25) is 9.59 Å². The minimum absolute atomic E-state index is 0.0219. The molecule has 1 aromatic heterocycles. The number of anilines is 1. The van der Waals surface area contributed by atoms with E-state index in [1.807, 2.05) is 55.1 Å². The van der Waals surface area contributed by atoms with Gasteiger partial charge >= 0.3 is 0 Å². The smallest absolute Gasteiger partial charge is 0.256 e. The van der Waals surface area contributed by atoms with E-state index < -0.39 is 0 Å². The first-order valence-electron chi connectivity index (χ1n) is 12.5. The Morgan fingerprint density at radius 1 is 1.03 bits per heavy atom. The van der Waals surface area contributed by atoms with Gasteiger partial charge in [-0.2, -0.15) is 0 Å². The zero-order chi connectivity index (χ0) is 26.4. The standard InChI is InChI=1S/C28H32ClN5O3/c1-4-20(2)34(28(36)23-10-5-6-11-24(23)29)19-27(35)33-16-14-32(15-17-33)26-13-12-25(30-31-26)21-8-7-9-22(18-21)37-3/h5-13,18,20H,4,14-17,19H2,1-3H3. The van der Waals surface area contributed by atoms with Crippen molar-refractivity contribution in [3.05, 3.63) is 71.2 Å². The SMILES string of the molecule is CCC(C)N(CC(=O)N1CCN(c2ccc(-c3cccc(OC)c3)nn2)CC1)C(=O)c1ccccc1Cl. The normalized spacial score (nSPS) is 14.3. The van der Waals surface area contributed by atoms with Crippen LogP contribution in [0.5, 0.6) is 5.75 Å². The van der Waals surface area contributed by atoms with Gasteiger partial charge in [0.1, 0.15) is 12.3 Å². The number of hydrogen-bond acceptors (Lipinski definition) is 6. The molecule has 1 aliphatic rings. The number of amides is 2. The first-order valence-corrected chi connectivity index (χ1v) is 12.9. The third-order valence-electron chi connectivity index (χ3n) is 6.77. The van der Waals surface area contributed by atoms with E-state index in [2.05, 4.69) is 15.1 Å². The summed E-state index contributed by atoms with van der Waals surface area (Å²) in [5.74, 6) is 1.25. The second-order valence-electron chi connectivity index (χ2n) is 9.05. The van der Waals surface area contributed by atoms with Gasteiger partial charge in [-0.25, -0.2) is 0 Å². The van der Waals surface area contributed by atoms with Gasteiger partial charge in [0.2, 0.25) is 5.91 Å². The van der Waals surface area contributed by atoms with Crippen molar-refractivity contribution in [2.45, 2.75) is 26.3 Å². The lowest BCUT2D eigenvalue weighted by atomic mass is 10.1. The summed E-state index contributed by atoms with van der Waals surface area (Å²) in [6.45, 7) is 6.35. The molecule has 4 rings (SSSR count). The van der Waals surface area contributed by atoms with Crippen LogP contribution in [0.15, 0.2) is 60.7 Å². The van der Waals surface area contributed by atoms with Crippen molar-refractivity contribution in [1.82, 2.24) is 20.0 Å². The minimum atomic E-state index is -0.224. The summed E-state index contributed by atoms with van der Waals surface area (Å²) in [4.78, 5) is 32.0. The Morgan fingerprint density at radius 3 is 2.43 bits per heavy atom. The summed E-state index contributed by atoms with van der Waals surface area (Å²) in [5, 5.41) is 9.20. The Kier molecular flexibility index (Phi) is 8.61. The summed E-state index contributed by atoms with van der Waals surface area (Å²) in [7, 11) is 1.64. The van der Waals surface area contributed by atoms with E-state index in [9.17, 15) is 9.59 Å². The molecule has 2 aromatic carbocycles. The largest absolute Gasteiger partial charge is 0.497 e. The van der Waals surface area contributed by atoms with E-state index in [4.69, 9.17) is 16.3 Å². The van der Waals surface area contributed by atoms with Crippen LogP contribution in [0.1, 0.15) is 30.6 Å². The van der Waals surface area contributed by atoms with Crippen LogP contribution in [-0.2, 0) is 4.79 Å². The van der Waals surface area contributed by atoms with Crippen molar-refractivity contribution in [3.8, 4) is 17.0 Å². The lowest BCUT2D eigenvalue weighted by Crippen LogP contribution is -2.53. The fourth-order valence-corrected chi connectivity index (χ4v) is 4.52. The van der Waals surface area contributed by atoms with E-state index >= 15 is 0 Å². The Labute approximate surface area is 222 Å². The number of carbonyl (C=O) groups is 2. The third-order valence-corrected chi connectivity index (χ3v) is 7.10. The van der Waals surface area contributed by atoms with Crippen LogP contribution in [0.4, 0.5) is 5.82 Å². The predicted molar refractivity (Wildman–Crippen MR) is 145 cm³/mol. The number of halogens is 1. The van der Waals surface area contributed by atoms with Crippen LogP contribution < -0.4 is 9.64 Å². The van der Waals surface area contributed by atoms with Crippen LogP contribution in [0.3, 0.4) is 0 Å². The number of nitrogens with zero attached hydrogens (tertiary/aromatic N) is 5. The molecule has 8 nitrogen and oxygen atoms in total. The molecule has 2 heterocycles. The number of rotatable bonds is 8. The number of aromatic nitrogens is 2. The fourth-order valence-electron chi connectivity index (χ4n) is 4.30. The van der Waals surface area contributed by atoms with Crippen molar-refractivity contribution in [2.75, 3.05) is 44.7 Å². The van der Waals surface area contributed by atoms with Crippen LogP contribution >= 0.6 is 11.6 Å². The molecule has 37 heavy (non-hydrogen) atoms. The molecule has 0 aliphatic carbocycles. The van der Waals surface area contributed by atoms with E-state index in [1.165, 1.54) is 0 Å². The van der Waals surface area contributed by atoms with Crippen molar-refractivity contribution >= 4 is 29.2 Å². The molecule has 1 fully saturated rings. The second-order valence-corrected chi connectivity index (χ2v) is 9.45. The van der Waals surface area contributed by atoms with Gasteiger partial charge in [-0.05, 0) is 49.7 Å². The maximum absolute atomic E-state index is 13.2. The predicted octanol–water partition coefficient (Wildman–Crippen LogP) is 4.40. The lowest BCUT2D eigenvalue weighted by Gasteiger charge is -2.37. The molecule has 9 heteroatoms. The highest BCUT2D eigenvalue weighted by atomic mass is 35.5. The van der Waals surface area contributed by atoms with E-state index in [1.54, 1.807) is 36.3 Å². The molecule has 0 bridgehead atoms. The first-order chi connectivity index (χ1) is 17.9. The molecule has 1 saturated heterocycles. The quantitative estimate of drug-likeness (QED) is 0.437. The molecule has 1 aliphatic heterocycles. The minimum Gasteiger partial charge on any atom is -0.497 e. The Balaban J connectivity index is 1.37. The molecular formula is C28H32ClN5O3. The number of hydrogen-bond donors (Lipinski definition) is 0. The van der Waals surface area contributed by atoms with Gasteiger partial charge in [0.25, 0.3) is 5.91 Å². The van der Waals surface area contributed by atoms with Crippen molar-refractivity contribution in [3.63, 3.8) is 0 Å². The number of ether oxygens (including phenoxy) is 1. The molecule has 2 amide bonds.